The van der Waals surface area contributed by atoms with Gasteiger partial charge in [0.2, 0.25) is 0 Å². The molecule has 0 aliphatic carbocycles. The Labute approximate surface area is 119 Å². The lowest BCUT2D eigenvalue weighted by Gasteiger charge is -2.23. The normalized spacial score (nSPS) is 12.6. The summed E-state index contributed by atoms with van der Waals surface area (Å²) in [5, 5.41) is 14.3. The first-order valence-corrected chi connectivity index (χ1v) is 6.63. The fraction of sp³-hybridized carbons (Fsp3) is 0.467. The van der Waals surface area contributed by atoms with E-state index in [4.69, 9.17) is 5.11 Å². The summed E-state index contributed by atoms with van der Waals surface area (Å²) >= 11 is 0. The Morgan fingerprint density at radius 3 is 2.30 bits per heavy atom. The zero-order valence-corrected chi connectivity index (χ0v) is 12.1. The van der Waals surface area contributed by atoms with Crippen LogP contribution >= 0.6 is 0 Å². The van der Waals surface area contributed by atoms with Gasteiger partial charge in [-0.3, -0.25) is 0 Å². The summed E-state index contributed by atoms with van der Waals surface area (Å²) in [5.41, 5.74) is 0.656. The van der Waals surface area contributed by atoms with E-state index in [1.54, 1.807) is 0 Å². The predicted molar refractivity (Wildman–Crippen MR) is 77.6 cm³/mol. The maximum Gasteiger partial charge on any atom is 0.326 e. The summed E-state index contributed by atoms with van der Waals surface area (Å²) in [6, 6.07) is 8.25. The average Bonchev–Trinajstić information content (AvgIpc) is 2.33. The first-order chi connectivity index (χ1) is 9.28. The highest BCUT2D eigenvalue weighted by molar-refractivity contribution is 5.82. The Hall–Kier alpha value is -2.04. The van der Waals surface area contributed by atoms with Crippen LogP contribution in [0.2, 0.25) is 0 Å². The van der Waals surface area contributed by atoms with Gasteiger partial charge in [-0.25, -0.2) is 9.59 Å². The van der Waals surface area contributed by atoms with Crippen LogP contribution in [0.4, 0.5) is 4.79 Å². The van der Waals surface area contributed by atoms with E-state index in [0.29, 0.717) is 12.8 Å². The zero-order chi connectivity index (χ0) is 15.2. The molecule has 0 heterocycles. The lowest BCUT2D eigenvalue weighted by Crippen LogP contribution is -2.51. The highest BCUT2D eigenvalue weighted by atomic mass is 16.4. The van der Waals surface area contributed by atoms with Crippen LogP contribution in [0.15, 0.2) is 30.3 Å². The maximum atomic E-state index is 11.7. The van der Waals surface area contributed by atoms with Crippen molar-refractivity contribution in [3.63, 3.8) is 0 Å². The minimum Gasteiger partial charge on any atom is -0.480 e. The molecular weight excluding hydrogens is 256 g/mol. The van der Waals surface area contributed by atoms with Gasteiger partial charge >= 0.3 is 12.0 Å². The molecule has 0 aliphatic heterocycles. The van der Waals surface area contributed by atoms with Crippen molar-refractivity contribution in [2.24, 2.45) is 0 Å². The molecule has 0 saturated carbocycles. The van der Waals surface area contributed by atoms with Crippen molar-refractivity contribution >= 4 is 12.0 Å². The number of hydrogen-bond acceptors (Lipinski definition) is 2. The molecule has 20 heavy (non-hydrogen) atoms. The van der Waals surface area contributed by atoms with E-state index in [1.807, 2.05) is 51.1 Å². The van der Waals surface area contributed by atoms with E-state index in [-0.39, 0.29) is 0 Å². The van der Waals surface area contributed by atoms with Crippen molar-refractivity contribution in [3.05, 3.63) is 35.9 Å². The van der Waals surface area contributed by atoms with Gasteiger partial charge in [0.05, 0.1) is 0 Å². The molecule has 110 valence electrons. The van der Waals surface area contributed by atoms with Gasteiger partial charge in [0.1, 0.15) is 6.04 Å². The molecular formula is C15H22N2O3. The van der Waals surface area contributed by atoms with Gasteiger partial charge in [-0.15, -0.1) is 0 Å². The maximum absolute atomic E-state index is 11.7. The second-order valence-electron chi connectivity index (χ2n) is 5.76. The Bertz CT molecular complexity index is 452. The molecule has 0 bridgehead atoms. The number of rotatable bonds is 5. The largest absolute Gasteiger partial charge is 0.480 e. The van der Waals surface area contributed by atoms with Gasteiger partial charge in [-0.2, -0.15) is 0 Å². The predicted octanol–water partition coefficient (Wildman–Crippen LogP) is 2.17. The third kappa shape index (κ3) is 6.22. The van der Waals surface area contributed by atoms with Gasteiger partial charge in [-0.05, 0) is 39.2 Å². The van der Waals surface area contributed by atoms with Crippen LogP contribution in [-0.4, -0.2) is 28.7 Å². The third-order valence-corrected chi connectivity index (χ3v) is 2.66. The minimum absolute atomic E-state index is 0.358. The summed E-state index contributed by atoms with van der Waals surface area (Å²) in [4.78, 5) is 22.9. The summed E-state index contributed by atoms with van der Waals surface area (Å²) in [5.74, 6) is -1.02. The molecule has 0 aliphatic rings. The summed E-state index contributed by atoms with van der Waals surface area (Å²) in [6.45, 7) is 5.52. The Morgan fingerprint density at radius 1 is 1.20 bits per heavy atom. The highest BCUT2D eigenvalue weighted by Gasteiger charge is 2.22. The van der Waals surface area contributed by atoms with Crippen molar-refractivity contribution in [1.29, 1.82) is 0 Å². The number of carbonyl (C=O) groups is 2. The fourth-order valence-corrected chi connectivity index (χ4v) is 1.75. The van der Waals surface area contributed by atoms with Crippen molar-refractivity contribution in [1.82, 2.24) is 10.6 Å². The van der Waals surface area contributed by atoms with E-state index >= 15 is 0 Å². The standard InChI is InChI=1S/C15H22N2O3/c1-15(2,3)17-14(20)16-12(13(18)19)10-9-11-7-5-4-6-8-11/h4-8,12H,9-10H2,1-3H3,(H,18,19)(H2,16,17,20)/t12-/m0/s1. The minimum atomic E-state index is -1.02. The number of carboxylic acid groups (broad SMARTS) is 1. The van der Waals surface area contributed by atoms with Crippen LogP contribution in [0, 0.1) is 0 Å². The van der Waals surface area contributed by atoms with Crippen LogP contribution in [0.1, 0.15) is 32.8 Å². The summed E-state index contributed by atoms with van der Waals surface area (Å²) in [6.07, 6.45) is 0.963. The molecule has 1 aromatic carbocycles. The quantitative estimate of drug-likeness (QED) is 0.772. The van der Waals surface area contributed by atoms with Crippen molar-refractivity contribution in [2.45, 2.75) is 45.2 Å². The topological polar surface area (TPSA) is 78.4 Å². The number of urea groups is 1. The number of carbonyl (C=O) groups excluding carboxylic acids is 1. The van der Waals surface area contributed by atoms with Crippen molar-refractivity contribution in [3.8, 4) is 0 Å². The molecule has 3 N–H and O–H groups in total. The third-order valence-electron chi connectivity index (χ3n) is 2.66. The molecule has 0 aromatic heterocycles. The summed E-state index contributed by atoms with van der Waals surface area (Å²) in [7, 11) is 0. The molecule has 1 atom stereocenters. The Balaban J connectivity index is 2.53. The van der Waals surface area contributed by atoms with E-state index in [9.17, 15) is 9.59 Å². The van der Waals surface area contributed by atoms with Crippen LogP contribution < -0.4 is 10.6 Å². The molecule has 0 radical (unpaired) electrons. The Kier molecular flexibility index (Phi) is 5.55. The van der Waals surface area contributed by atoms with Gasteiger partial charge in [-0.1, -0.05) is 30.3 Å². The van der Waals surface area contributed by atoms with Crippen LogP contribution in [0.3, 0.4) is 0 Å². The smallest absolute Gasteiger partial charge is 0.326 e. The number of nitrogens with one attached hydrogen (secondary N) is 2. The van der Waals surface area contributed by atoms with Gasteiger partial charge in [0, 0.05) is 5.54 Å². The van der Waals surface area contributed by atoms with Crippen LogP contribution in [0.5, 0.6) is 0 Å². The SMILES string of the molecule is CC(C)(C)NC(=O)N[C@@H](CCc1ccccc1)C(=O)O. The molecule has 1 aromatic rings. The Morgan fingerprint density at radius 2 is 1.80 bits per heavy atom. The second kappa shape index (κ2) is 6.93. The van der Waals surface area contributed by atoms with Gasteiger partial charge in [0.15, 0.2) is 0 Å². The molecule has 0 saturated heterocycles. The van der Waals surface area contributed by atoms with Crippen LogP contribution in [-0.2, 0) is 11.2 Å². The van der Waals surface area contributed by atoms with E-state index in [1.165, 1.54) is 0 Å². The van der Waals surface area contributed by atoms with E-state index < -0.39 is 23.6 Å². The summed E-state index contributed by atoms with van der Waals surface area (Å²) < 4.78 is 0. The van der Waals surface area contributed by atoms with E-state index in [0.717, 1.165) is 5.56 Å². The zero-order valence-electron chi connectivity index (χ0n) is 12.1. The molecule has 1 rings (SSSR count). The number of hydrogen-bond donors (Lipinski definition) is 3. The average molecular weight is 278 g/mol. The van der Waals surface area contributed by atoms with Crippen LogP contribution in [0.25, 0.3) is 0 Å². The molecule has 0 spiro atoms. The number of aliphatic carboxylic acids is 1. The number of carboxylic acids is 1. The molecule has 0 fully saturated rings. The number of amides is 2. The first kappa shape index (κ1) is 16.0. The lowest BCUT2D eigenvalue weighted by molar-refractivity contribution is -0.139. The fourth-order valence-electron chi connectivity index (χ4n) is 1.75. The molecule has 5 heteroatoms. The van der Waals surface area contributed by atoms with Crippen molar-refractivity contribution in [2.75, 3.05) is 0 Å². The monoisotopic (exact) mass is 278 g/mol. The second-order valence-corrected chi connectivity index (χ2v) is 5.76. The first-order valence-electron chi connectivity index (χ1n) is 6.63. The lowest BCUT2D eigenvalue weighted by atomic mass is 10.1. The van der Waals surface area contributed by atoms with Gasteiger partial charge in [0.25, 0.3) is 0 Å². The van der Waals surface area contributed by atoms with Crippen molar-refractivity contribution < 1.29 is 14.7 Å². The molecule has 5 nitrogen and oxygen atoms in total. The molecule has 2 amide bonds. The number of benzene rings is 1. The number of aryl methyl sites for hydroxylation is 1. The van der Waals surface area contributed by atoms with Gasteiger partial charge < -0.3 is 15.7 Å². The highest BCUT2D eigenvalue weighted by Crippen LogP contribution is 2.06. The van der Waals surface area contributed by atoms with E-state index in [2.05, 4.69) is 10.6 Å². The molecule has 0 unspecified atom stereocenters.